The zero-order chi connectivity index (χ0) is 14.9. The third-order valence-corrected chi connectivity index (χ3v) is 3.10. The molecule has 0 nitrogen and oxygen atoms in total. The first-order chi connectivity index (χ1) is 10.3. The zero-order valence-corrected chi connectivity index (χ0v) is 19.2. The van der Waals surface area contributed by atoms with Gasteiger partial charge in [0.15, 0.2) is 0 Å². The van der Waals surface area contributed by atoms with Crippen molar-refractivity contribution in [3.63, 3.8) is 0 Å². The first-order valence-electron chi connectivity index (χ1n) is 6.52. The first kappa shape index (κ1) is 20.0. The molecule has 4 heteroatoms. The molecule has 0 saturated carbocycles. The van der Waals surface area contributed by atoms with Gasteiger partial charge >= 0.3 is 37.9 Å². The monoisotopic (exact) mass is 505 g/mol. The molecule has 4 aromatic carbocycles. The summed E-state index contributed by atoms with van der Waals surface area (Å²) in [7, 11) is 9.87. The Kier molecular flexibility index (Phi) is 10.5. The molecule has 4 aromatic rings. The van der Waals surface area contributed by atoms with E-state index in [1.807, 2.05) is 0 Å². The molecule has 22 heavy (non-hydrogen) atoms. The molecule has 0 bridgehead atoms. The van der Waals surface area contributed by atoms with Crippen LogP contribution in [-0.2, 0) is 20.8 Å². The van der Waals surface area contributed by atoms with Gasteiger partial charge in [0, 0.05) is 25.8 Å². The Bertz CT molecular complexity index is 650. The summed E-state index contributed by atoms with van der Waals surface area (Å²) in [6.45, 7) is 0. The molecule has 0 aliphatic heterocycles. The molecule has 0 heterocycles. The van der Waals surface area contributed by atoms with Crippen molar-refractivity contribution < 1.29 is 20.8 Å². The van der Waals surface area contributed by atoms with Crippen LogP contribution in [0, 0.1) is 0 Å². The van der Waals surface area contributed by atoms with Crippen molar-refractivity contribution in [2.45, 2.75) is 0 Å². The minimum absolute atomic E-state index is 0. The molecule has 0 amide bonds. The summed E-state index contributed by atoms with van der Waals surface area (Å²) in [6.07, 6.45) is 0. The predicted octanol–water partition coefficient (Wildman–Crippen LogP) is 6.11. The van der Waals surface area contributed by atoms with E-state index >= 15 is 0 Å². The Balaban J connectivity index is 0.000000181. The summed E-state index contributed by atoms with van der Waals surface area (Å²) in [5, 5.41) is 5.32. The second kappa shape index (κ2) is 11.5. The van der Waals surface area contributed by atoms with Gasteiger partial charge in [0.25, 0.3) is 0 Å². The van der Waals surface area contributed by atoms with Gasteiger partial charge in [0.1, 0.15) is 0 Å². The van der Waals surface area contributed by atoms with Crippen molar-refractivity contribution in [1.82, 2.24) is 0 Å². The van der Waals surface area contributed by atoms with Crippen molar-refractivity contribution in [3.05, 3.63) is 84.9 Å². The summed E-state index contributed by atoms with van der Waals surface area (Å²) in [6, 6.07) is 29.3. The SMILES string of the molecule is [Cl][Zr+2][Cl].[In].c1ccc2[cH-]ccc2c1.c1ccc2[cH-]ccc2c1. The van der Waals surface area contributed by atoms with Gasteiger partial charge < -0.3 is 0 Å². The van der Waals surface area contributed by atoms with E-state index in [0.717, 1.165) is 0 Å². The molecular formula is C18H14Cl2InZr. The summed E-state index contributed by atoms with van der Waals surface area (Å²) in [5.74, 6) is 0. The van der Waals surface area contributed by atoms with Gasteiger partial charge in [0.05, 0.1) is 0 Å². The fourth-order valence-electron chi connectivity index (χ4n) is 2.14. The maximum atomic E-state index is 4.93. The fraction of sp³-hybridized carbons (Fsp3) is 0. The Morgan fingerprint density at radius 2 is 1.00 bits per heavy atom. The molecule has 0 aromatic heterocycles. The predicted molar refractivity (Wildman–Crippen MR) is 96.5 cm³/mol. The Labute approximate surface area is 168 Å². The molecule has 0 aliphatic rings. The summed E-state index contributed by atoms with van der Waals surface area (Å²) >= 11 is -0.826. The maximum absolute atomic E-state index is 4.93. The number of hydrogen-bond acceptors (Lipinski definition) is 0. The largest absolute Gasteiger partial charge is 0.168 e. The maximum Gasteiger partial charge on any atom is 0 e. The molecule has 0 saturated heterocycles. The van der Waals surface area contributed by atoms with E-state index in [1.54, 1.807) is 0 Å². The van der Waals surface area contributed by atoms with Crippen molar-refractivity contribution in [3.8, 4) is 0 Å². The first-order valence-corrected chi connectivity index (χ1v) is 12.9. The van der Waals surface area contributed by atoms with Crippen LogP contribution in [0.25, 0.3) is 21.5 Å². The van der Waals surface area contributed by atoms with Gasteiger partial charge in [-0.15, -0.1) is 59.3 Å². The number of fused-ring (bicyclic) bond motifs is 2. The summed E-state index contributed by atoms with van der Waals surface area (Å²) in [5.41, 5.74) is 0. The van der Waals surface area contributed by atoms with Crippen LogP contribution in [-0.4, -0.2) is 25.8 Å². The molecular weight excluding hydrogens is 493 g/mol. The van der Waals surface area contributed by atoms with Gasteiger partial charge in [-0.3, -0.25) is 0 Å². The topological polar surface area (TPSA) is 0 Å². The minimum atomic E-state index is -0.826. The molecule has 4 rings (SSSR count). The van der Waals surface area contributed by atoms with E-state index in [2.05, 4.69) is 84.9 Å². The van der Waals surface area contributed by atoms with Gasteiger partial charge in [0.2, 0.25) is 0 Å². The van der Waals surface area contributed by atoms with E-state index in [4.69, 9.17) is 17.0 Å². The van der Waals surface area contributed by atoms with E-state index in [0.29, 0.717) is 0 Å². The van der Waals surface area contributed by atoms with Gasteiger partial charge in [-0.1, -0.05) is 12.1 Å². The van der Waals surface area contributed by atoms with Crippen LogP contribution in [0.4, 0.5) is 0 Å². The normalized spacial score (nSPS) is 8.82. The molecule has 0 unspecified atom stereocenters. The number of benzene rings is 2. The molecule has 0 N–H and O–H groups in total. The second-order valence-corrected chi connectivity index (χ2v) is 8.11. The molecule has 0 atom stereocenters. The van der Waals surface area contributed by atoms with Crippen LogP contribution < -0.4 is 0 Å². The Hall–Kier alpha value is -0.00675. The van der Waals surface area contributed by atoms with Gasteiger partial charge in [-0.05, 0) is 0 Å². The molecule has 0 spiro atoms. The van der Waals surface area contributed by atoms with E-state index < -0.39 is 20.8 Å². The van der Waals surface area contributed by atoms with Crippen molar-refractivity contribution in [1.29, 1.82) is 0 Å². The minimum Gasteiger partial charge on any atom is -0.168 e. The van der Waals surface area contributed by atoms with Crippen LogP contribution in [0.5, 0.6) is 0 Å². The van der Waals surface area contributed by atoms with Crippen molar-refractivity contribution >= 4 is 64.4 Å². The van der Waals surface area contributed by atoms with Gasteiger partial charge in [-0.25, -0.2) is 0 Å². The number of halogens is 2. The van der Waals surface area contributed by atoms with E-state index in [-0.39, 0.29) is 25.8 Å². The molecule has 0 aliphatic carbocycles. The second-order valence-electron chi connectivity index (χ2n) is 4.38. The van der Waals surface area contributed by atoms with E-state index in [1.165, 1.54) is 21.5 Å². The third kappa shape index (κ3) is 6.24. The van der Waals surface area contributed by atoms with Gasteiger partial charge in [-0.2, -0.15) is 35.0 Å². The molecule has 0 fully saturated rings. The van der Waals surface area contributed by atoms with E-state index in [9.17, 15) is 0 Å². The van der Waals surface area contributed by atoms with Crippen LogP contribution >= 0.6 is 17.0 Å². The Morgan fingerprint density at radius 3 is 1.36 bits per heavy atom. The van der Waals surface area contributed by atoms with Crippen LogP contribution in [0.1, 0.15) is 0 Å². The van der Waals surface area contributed by atoms with Crippen LogP contribution in [0.2, 0.25) is 0 Å². The Morgan fingerprint density at radius 1 is 0.636 bits per heavy atom. The molecule has 3 radical (unpaired) electrons. The quantitative estimate of drug-likeness (QED) is 0.252. The average Bonchev–Trinajstić information content (AvgIpc) is 3.17. The van der Waals surface area contributed by atoms with Crippen molar-refractivity contribution in [2.75, 3.05) is 0 Å². The number of rotatable bonds is 0. The summed E-state index contributed by atoms with van der Waals surface area (Å²) < 4.78 is 0. The third-order valence-electron chi connectivity index (χ3n) is 3.10. The number of hydrogen-bond donors (Lipinski definition) is 0. The standard InChI is InChI=1S/2C9H7.2ClH.In.Zr/c2*1-2-5-9-7-3-6-8(9)4-1;;;;/h2*1-7H;2*1H;;/q2*-1;;;;+4/p-2. The van der Waals surface area contributed by atoms with Crippen LogP contribution in [0.3, 0.4) is 0 Å². The summed E-state index contributed by atoms with van der Waals surface area (Å²) in [4.78, 5) is 0. The molecule has 107 valence electrons. The smallest absolute Gasteiger partial charge is 0 e. The fourth-order valence-corrected chi connectivity index (χ4v) is 2.14. The average molecular weight is 507 g/mol. The zero-order valence-electron chi connectivity index (χ0n) is 11.9. The van der Waals surface area contributed by atoms with Crippen molar-refractivity contribution in [2.24, 2.45) is 0 Å². The van der Waals surface area contributed by atoms with Crippen LogP contribution in [0.15, 0.2) is 84.9 Å².